The summed E-state index contributed by atoms with van der Waals surface area (Å²) in [5.74, 6) is -1.24. The Hall–Kier alpha value is -3.93. The second-order valence-electron chi connectivity index (χ2n) is 7.36. The summed E-state index contributed by atoms with van der Waals surface area (Å²) in [5, 5.41) is 11.2. The molecule has 1 fully saturated rings. The van der Waals surface area contributed by atoms with Crippen LogP contribution in [-0.4, -0.2) is 33.8 Å². The van der Waals surface area contributed by atoms with Gasteiger partial charge in [0, 0.05) is 6.20 Å². The molecule has 0 radical (unpaired) electrons. The molecule has 0 bridgehead atoms. The lowest BCUT2D eigenvalue weighted by Gasteiger charge is -2.25. The molecule has 6 nitrogen and oxygen atoms in total. The quantitative estimate of drug-likeness (QED) is 0.388. The summed E-state index contributed by atoms with van der Waals surface area (Å²) < 4.78 is 5.39. The van der Waals surface area contributed by atoms with Gasteiger partial charge in [-0.3, -0.25) is 14.6 Å². The zero-order chi connectivity index (χ0) is 22.0. The summed E-state index contributed by atoms with van der Waals surface area (Å²) in [5.41, 5.74) is 2.68. The standard InChI is InChI=1S/C25H22N2O4/c1-16-11-12-20(31-2)19(14-16)23(28)21-22(17-8-4-3-5-9-17)27(25(30)24(21)29)15-18-10-6-7-13-26-18/h3-14,22,28H,15H2,1-2H3/b23-21+. The van der Waals surface area contributed by atoms with Crippen molar-refractivity contribution < 1.29 is 19.4 Å². The van der Waals surface area contributed by atoms with Gasteiger partial charge in [-0.2, -0.15) is 0 Å². The third-order valence-electron chi connectivity index (χ3n) is 5.32. The third kappa shape index (κ3) is 3.80. The molecule has 1 aliphatic heterocycles. The van der Waals surface area contributed by atoms with Crippen LogP contribution in [0.2, 0.25) is 0 Å². The summed E-state index contributed by atoms with van der Waals surface area (Å²) in [6, 6.07) is 19.2. The molecular weight excluding hydrogens is 392 g/mol. The van der Waals surface area contributed by atoms with Crippen LogP contribution in [-0.2, 0) is 16.1 Å². The number of benzene rings is 2. The van der Waals surface area contributed by atoms with E-state index >= 15 is 0 Å². The summed E-state index contributed by atoms with van der Waals surface area (Å²) in [6.45, 7) is 2.03. The Kier molecular flexibility index (Phi) is 5.54. The van der Waals surface area contributed by atoms with E-state index in [4.69, 9.17) is 4.74 Å². The van der Waals surface area contributed by atoms with Gasteiger partial charge in [0.2, 0.25) is 0 Å². The van der Waals surface area contributed by atoms with Crippen LogP contribution in [0.5, 0.6) is 5.75 Å². The molecule has 2 aromatic carbocycles. The minimum Gasteiger partial charge on any atom is -0.507 e. The van der Waals surface area contributed by atoms with E-state index in [0.29, 0.717) is 17.0 Å². The Labute approximate surface area is 180 Å². The summed E-state index contributed by atoms with van der Waals surface area (Å²) >= 11 is 0. The van der Waals surface area contributed by atoms with Crippen LogP contribution in [0.4, 0.5) is 0 Å². The largest absolute Gasteiger partial charge is 0.507 e. The highest BCUT2D eigenvalue weighted by molar-refractivity contribution is 6.46. The number of ether oxygens (including phenoxy) is 1. The van der Waals surface area contributed by atoms with Crippen LogP contribution in [0, 0.1) is 6.92 Å². The minimum atomic E-state index is -0.742. The maximum atomic E-state index is 13.1. The number of aliphatic hydroxyl groups excluding tert-OH is 1. The normalized spacial score (nSPS) is 17.7. The number of Topliss-reactive ketones (excluding diaryl/α,β-unsaturated/α-hetero) is 1. The van der Waals surface area contributed by atoms with Gasteiger partial charge in [0.25, 0.3) is 11.7 Å². The maximum Gasteiger partial charge on any atom is 0.296 e. The highest BCUT2D eigenvalue weighted by Gasteiger charge is 2.46. The zero-order valence-corrected chi connectivity index (χ0v) is 17.3. The number of aryl methyl sites for hydroxylation is 1. The van der Waals surface area contributed by atoms with Gasteiger partial charge in [0.05, 0.1) is 36.5 Å². The van der Waals surface area contributed by atoms with Gasteiger partial charge in [0.15, 0.2) is 0 Å². The van der Waals surface area contributed by atoms with E-state index in [1.807, 2.05) is 49.4 Å². The second kappa shape index (κ2) is 8.44. The number of carbonyl (C=O) groups is 2. The highest BCUT2D eigenvalue weighted by Crippen LogP contribution is 2.41. The predicted molar refractivity (Wildman–Crippen MR) is 116 cm³/mol. The molecule has 1 N–H and O–H groups in total. The molecule has 31 heavy (non-hydrogen) atoms. The number of amides is 1. The molecule has 4 rings (SSSR count). The van der Waals surface area contributed by atoms with Crippen molar-refractivity contribution in [1.29, 1.82) is 0 Å². The molecule has 2 heterocycles. The third-order valence-corrected chi connectivity index (χ3v) is 5.32. The molecule has 1 amide bonds. The predicted octanol–water partition coefficient (Wildman–Crippen LogP) is 4.02. The van der Waals surface area contributed by atoms with Crippen LogP contribution in [0.1, 0.15) is 28.4 Å². The topological polar surface area (TPSA) is 79.7 Å². The van der Waals surface area contributed by atoms with Gasteiger partial charge in [-0.1, -0.05) is 48.0 Å². The molecule has 0 saturated carbocycles. The van der Waals surface area contributed by atoms with Gasteiger partial charge in [-0.05, 0) is 36.8 Å². The number of aliphatic hydroxyl groups is 1. The van der Waals surface area contributed by atoms with Crippen LogP contribution in [0.3, 0.4) is 0 Å². The van der Waals surface area contributed by atoms with Crippen LogP contribution in [0.15, 0.2) is 78.5 Å². The number of methoxy groups -OCH3 is 1. The molecular formula is C25H22N2O4. The molecule has 0 spiro atoms. The first kappa shape index (κ1) is 20.3. The van der Waals surface area contributed by atoms with E-state index in [2.05, 4.69) is 4.98 Å². The van der Waals surface area contributed by atoms with Gasteiger partial charge in [-0.25, -0.2) is 0 Å². The Morgan fingerprint density at radius 2 is 1.81 bits per heavy atom. The molecule has 3 aromatic rings. The van der Waals surface area contributed by atoms with Crippen LogP contribution in [0.25, 0.3) is 5.76 Å². The molecule has 0 aliphatic carbocycles. The van der Waals surface area contributed by atoms with Gasteiger partial charge in [0.1, 0.15) is 11.5 Å². The first-order chi connectivity index (χ1) is 15.0. The number of hydrogen-bond acceptors (Lipinski definition) is 5. The molecule has 6 heteroatoms. The second-order valence-corrected chi connectivity index (χ2v) is 7.36. The van der Waals surface area contributed by atoms with Gasteiger partial charge in [-0.15, -0.1) is 0 Å². The summed E-state index contributed by atoms with van der Waals surface area (Å²) in [6.07, 6.45) is 1.64. The number of hydrogen-bond donors (Lipinski definition) is 1. The van der Waals surface area contributed by atoms with Crippen molar-refractivity contribution in [2.75, 3.05) is 7.11 Å². The number of rotatable bonds is 5. The minimum absolute atomic E-state index is 0.0380. The Morgan fingerprint density at radius 3 is 2.48 bits per heavy atom. The van der Waals surface area contributed by atoms with E-state index in [9.17, 15) is 14.7 Å². The molecule has 1 aliphatic rings. The van der Waals surface area contributed by atoms with Crippen molar-refractivity contribution in [1.82, 2.24) is 9.88 Å². The number of likely N-dealkylation sites (tertiary alicyclic amines) is 1. The van der Waals surface area contributed by atoms with E-state index in [-0.39, 0.29) is 17.9 Å². The Morgan fingerprint density at radius 1 is 1.06 bits per heavy atom. The molecule has 1 unspecified atom stereocenters. The summed E-state index contributed by atoms with van der Waals surface area (Å²) in [7, 11) is 1.50. The summed E-state index contributed by atoms with van der Waals surface area (Å²) in [4.78, 5) is 31.9. The van der Waals surface area contributed by atoms with E-state index in [1.54, 1.807) is 30.5 Å². The molecule has 1 aromatic heterocycles. The van der Waals surface area contributed by atoms with Gasteiger partial charge < -0.3 is 14.7 Å². The molecule has 1 atom stereocenters. The molecule has 156 valence electrons. The lowest BCUT2D eigenvalue weighted by Crippen LogP contribution is -2.29. The Bertz CT molecular complexity index is 1160. The van der Waals surface area contributed by atoms with Crippen molar-refractivity contribution >= 4 is 17.4 Å². The van der Waals surface area contributed by atoms with Crippen LogP contribution >= 0.6 is 0 Å². The van der Waals surface area contributed by atoms with E-state index in [0.717, 1.165) is 11.1 Å². The van der Waals surface area contributed by atoms with Crippen molar-refractivity contribution in [3.63, 3.8) is 0 Å². The first-order valence-corrected chi connectivity index (χ1v) is 9.89. The number of pyridine rings is 1. The molecule has 1 saturated heterocycles. The number of nitrogens with zero attached hydrogens (tertiary/aromatic N) is 2. The number of ketones is 1. The zero-order valence-electron chi connectivity index (χ0n) is 17.3. The first-order valence-electron chi connectivity index (χ1n) is 9.89. The number of aromatic nitrogens is 1. The lowest BCUT2D eigenvalue weighted by atomic mass is 9.94. The van der Waals surface area contributed by atoms with E-state index < -0.39 is 17.7 Å². The fraction of sp³-hybridized carbons (Fsp3) is 0.160. The van der Waals surface area contributed by atoms with Crippen molar-refractivity contribution in [3.8, 4) is 5.75 Å². The fourth-order valence-corrected chi connectivity index (χ4v) is 3.84. The monoisotopic (exact) mass is 414 g/mol. The smallest absolute Gasteiger partial charge is 0.296 e. The van der Waals surface area contributed by atoms with Crippen LogP contribution < -0.4 is 4.74 Å². The van der Waals surface area contributed by atoms with E-state index in [1.165, 1.54) is 12.0 Å². The van der Waals surface area contributed by atoms with Gasteiger partial charge >= 0.3 is 0 Å². The highest BCUT2D eigenvalue weighted by atomic mass is 16.5. The Balaban J connectivity index is 1.90. The maximum absolute atomic E-state index is 13.1. The lowest BCUT2D eigenvalue weighted by molar-refractivity contribution is -0.140. The van der Waals surface area contributed by atoms with Crippen molar-refractivity contribution in [3.05, 3.63) is 101 Å². The van der Waals surface area contributed by atoms with Crippen molar-refractivity contribution in [2.24, 2.45) is 0 Å². The average Bonchev–Trinajstić information content (AvgIpc) is 3.04. The number of carbonyl (C=O) groups excluding carboxylic acids is 2. The average molecular weight is 414 g/mol. The van der Waals surface area contributed by atoms with Crippen molar-refractivity contribution in [2.45, 2.75) is 19.5 Å². The fourth-order valence-electron chi connectivity index (χ4n) is 3.84. The SMILES string of the molecule is COc1ccc(C)cc1/C(O)=C1\C(=O)C(=O)N(Cc2ccccn2)C1c1ccccc1.